The minimum Gasteiger partial charge on any atom is -0.373 e. The molecule has 0 unspecified atom stereocenters. The second-order valence-corrected chi connectivity index (χ2v) is 5.56. The third-order valence-electron chi connectivity index (χ3n) is 3.88. The van der Waals surface area contributed by atoms with Crippen LogP contribution in [0.3, 0.4) is 0 Å². The third kappa shape index (κ3) is 3.25. The van der Waals surface area contributed by atoms with E-state index in [0.717, 1.165) is 30.8 Å². The van der Waals surface area contributed by atoms with Crippen molar-refractivity contribution in [2.75, 3.05) is 12.4 Å². The summed E-state index contributed by atoms with van der Waals surface area (Å²) in [5.74, 6) is 0.763. The van der Waals surface area contributed by atoms with E-state index in [9.17, 15) is 4.79 Å². The highest BCUT2D eigenvalue weighted by Gasteiger charge is 2.30. The molecule has 1 saturated carbocycles. The van der Waals surface area contributed by atoms with E-state index in [1.54, 1.807) is 0 Å². The summed E-state index contributed by atoms with van der Waals surface area (Å²) in [5, 5.41) is 6.19. The van der Waals surface area contributed by atoms with E-state index < -0.39 is 0 Å². The maximum atomic E-state index is 12.4. The number of anilines is 1. The summed E-state index contributed by atoms with van der Waals surface area (Å²) in [5.41, 5.74) is 1.60. The molecule has 0 aliphatic heterocycles. The van der Waals surface area contributed by atoms with Gasteiger partial charge < -0.3 is 10.6 Å². The minimum atomic E-state index is -0.0352. The molecule has 2 N–H and O–H groups in total. The Hall–Kier alpha value is -1.58. The maximum absolute atomic E-state index is 12.4. The molecule has 1 aliphatic carbocycles. The molecule has 1 amide bonds. The highest BCUT2D eigenvalue weighted by atomic mass is 16.1. The molecule has 1 heterocycles. The second kappa shape index (κ2) is 5.59. The Bertz CT molecular complexity index is 442. The molecule has 1 aromatic rings. The average molecular weight is 261 g/mol. The fourth-order valence-electron chi connectivity index (χ4n) is 2.65. The number of nitrogens with zero attached hydrogens (tertiary/aromatic N) is 1. The van der Waals surface area contributed by atoms with Crippen LogP contribution in [0.25, 0.3) is 0 Å². The van der Waals surface area contributed by atoms with Crippen LogP contribution in [0.2, 0.25) is 0 Å². The number of carbonyl (C=O) groups is 1. The number of aryl methyl sites for hydroxylation is 1. The van der Waals surface area contributed by atoms with Gasteiger partial charge in [-0.3, -0.25) is 4.79 Å². The first-order valence-corrected chi connectivity index (χ1v) is 7.07. The minimum absolute atomic E-state index is 0.0120. The second-order valence-electron chi connectivity index (χ2n) is 5.56. The molecular formula is C15H23N3O. The molecule has 0 atom stereocenters. The van der Waals surface area contributed by atoms with Crippen LogP contribution in [-0.4, -0.2) is 23.5 Å². The number of aromatic nitrogens is 1. The molecule has 0 spiro atoms. The maximum Gasteiger partial charge on any atom is 0.251 e. The number of nitrogens with one attached hydrogen (secondary N) is 2. The monoisotopic (exact) mass is 261 g/mol. The van der Waals surface area contributed by atoms with Crippen molar-refractivity contribution >= 4 is 11.7 Å². The van der Waals surface area contributed by atoms with E-state index in [-0.39, 0.29) is 11.4 Å². The van der Waals surface area contributed by atoms with Gasteiger partial charge in [0.1, 0.15) is 5.82 Å². The Morgan fingerprint density at radius 3 is 2.63 bits per heavy atom. The first-order chi connectivity index (χ1) is 9.06. The number of rotatable bonds is 4. The zero-order chi connectivity index (χ0) is 13.9. The van der Waals surface area contributed by atoms with Gasteiger partial charge in [0.2, 0.25) is 0 Å². The molecule has 4 nitrogen and oxygen atoms in total. The summed E-state index contributed by atoms with van der Waals surface area (Å²) in [7, 11) is 1.82. The van der Waals surface area contributed by atoms with Crippen molar-refractivity contribution < 1.29 is 4.79 Å². The van der Waals surface area contributed by atoms with Crippen molar-refractivity contribution in [2.45, 2.75) is 51.5 Å². The largest absolute Gasteiger partial charge is 0.373 e. The predicted octanol–water partition coefficient (Wildman–Crippen LogP) is 2.75. The zero-order valence-corrected chi connectivity index (χ0v) is 12.0. The van der Waals surface area contributed by atoms with E-state index in [1.165, 1.54) is 12.8 Å². The van der Waals surface area contributed by atoms with Crippen LogP contribution >= 0.6 is 0 Å². The smallest absolute Gasteiger partial charge is 0.251 e. The Balaban J connectivity index is 2.18. The standard InChI is InChI=1S/C15H23N3O/c1-4-12-9-11(10-13(16-3)17-12)14(19)18-15(2)7-5-6-8-15/h9-10H,4-8H2,1-3H3,(H,16,17)(H,18,19). The summed E-state index contributed by atoms with van der Waals surface area (Å²) in [4.78, 5) is 16.8. The fraction of sp³-hybridized carbons (Fsp3) is 0.600. The van der Waals surface area contributed by atoms with Gasteiger partial charge in [-0.1, -0.05) is 19.8 Å². The molecule has 0 saturated heterocycles. The summed E-state index contributed by atoms with van der Waals surface area (Å²) in [6.45, 7) is 4.18. The van der Waals surface area contributed by atoms with Crippen LogP contribution in [0.15, 0.2) is 12.1 Å². The van der Waals surface area contributed by atoms with Crippen molar-refractivity contribution in [3.63, 3.8) is 0 Å². The number of pyridine rings is 1. The summed E-state index contributed by atoms with van der Waals surface area (Å²) < 4.78 is 0. The van der Waals surface area contributed by atoms with E-state index >= 15 is 0 Å². The normalized spacial score (nSPS) is 17.2. The molecule has 0 bridgehead atoms. The highest BCUT2D eigenvalue weighted by Crippen LogP contribution is 2.29. The van der Waals surface area contributed by atoms with Crippen LogP contribution in [0.1, 0.15) is 55.6 Å². The van der Waals surface area contributed by atoms with Crippen molar-refractivity contribution in [2.24, 2.45) is 0 Å². The lowest BCUT2D eigenvalue weighted by Gasteiger charge is -2.25. The molecule has 19 heavy (non-hydrogen) atoms. The number of hydrogen-bond acceptors (Lipinski definition) is 3. The van der Waals surface area contributed by atoms with E-state index in [0.29, 0.717) is 5.56 Å². The van der Waals surface area contributed by atoms with E-state index in [4.69, 9.17) is 0 Å². The summed E-state index contributed by atoms with van der Waals surface area (Å²) >= 11 is 0. The molecule has 4 heteroatoms. The van der Waals surface area contributed by atoms with Crippen LogP contribution in [-0.2, 0) is 6.42 Å². The fourth-order valence-corrected chi connectivity index (χ4v) is 2.65. The van der Waals surface area contributed by atoms with Crippen LogP contribution in [0.5, 0.6) is 0 Å². The molecule has 2 rings (SSSR count). The van der Waals surface area contributed by atoms with Crippen molar-refractivity contribution in [1.29, 1.82) is 0 Å². The third-order valence-corrected chi connectivity index (χ3v) is 3.88. The van der Waals surface area contributed by atoms with E-state index in [2.05, 4.69) is 22.5 Å². The zero-order valence-electron chi connectivity index (χ0n) is 12.0. The first kappa shape index (κ1) is 13.8. The molecule has 1 fully saturated rings. The number of hydrogen-bond donors (Lipinski definition) is 2. The SMILES string of the molecule is CCc1cc(C(=O)NC2(C)CCCC2)cc(NC)n1. The average Bonchev–Trinajstić information content (AvgIpc) is 2.84. The number of carbonyl (C=O) groups excluding carboxylic acids is 1. The molecule has 0 radical (unpaired) electrons. The highest BCUT2D eigenvalue weighted by molar-refractivity contribution is 5.95. The molecule has 104 valence electrons. The van der Waals surface area contributed by atoms with Gasteiger partial charge in [-0.15, -0.1) is 0 Å². The Morgan fingerprint density at radius 2 is 2.05 bits per heavy atom. The van der Waals surface area contributed by atoms with Gasteiger partial charge in [0.15, 0.2) is 0 Å². The van der Waals surface area contributed by atoms with Gasteiger partial charge in [-0.2, -0.15) is 0 Å². The lowest BCUT2D eigenvalue weighted by atomic mass is 10.00. The van der Waals surface area contributed by atoms with Crippen molar-refractivity contribution in [3.8, 4) is 0 Å². The lowest BCUT2D eigenvalue weighted by molar-refractivity contribution is 0.0908. The van der Waals surface area contributed by atoms with Gasteiger partial charge in [-0.25, -0.2) is 4.98 Å². The summed E-state index contributed by atoms with van der Waals surface area (Å²) in [6.07, 6.45) is 5.38. The Kier molecular flexibility index (Phi) is 4.08. The molecule has 1 aliphatic rings. The van der Waals surface area contributed by atoms with Crippen molar-refractivity contribution in [1.82, 2.24) is 10.3 Å². The molecular weight excluding hydrogens is 238 g/mol. The lowest BCUT2D eigenvalue weighted by Crippen LogP contribution is -2.43. The van der Waals surface area contributed by atoms with Gasteiger partial charge >= 0.3 is 0 Å². The number of amides is 1. The van der Waals surface area contributed by atoms with Crippen LogP contribution in [0.4, 0.5) is 5.82 Å². The van der Waals surface area contributed by atoms with E-state index in [1.807, 2.05) is 26.1 Å². The van der Waals surface area contributed by atoms with Gasteiger partial charge in [-0.05, 0) is 38.3 Å². The Morgan fingerprint density at radius 1 is 1.37 bits per heavy atom. The van der Waals surface area contributed by atoms with Gasteiger partial charge in [0, 0.05) is 23.8 Å². The Labute approximate surface area is 115 Å². The van der Waals surface area contributed by atoms with Gasteiger partial charge in [0.25, 0.3) is 5.91 Å². The van der Waals surface area contributed by atoms with Crippen LogP contribution in [0, 0.1) is 0 Å². The summed E-state index contributed by atoms with van der Waals surface area (Å²) in [6, 6.07) is 3.70. The predicted molar refractivity (Wildman–Crippen MR) is 77.5 cm³/mol. The quantitative estimate of drug-likeness (QED) is 0.876. The van der Waals surface area contributed by atoms with Gasteiger partial charge in [0.05, 0.1) is 0 Å². The first-order valence-electron chi connectivity index (χ1n) is 7.07. The van der Waals surface area contributed by atoms with Crippen LogP contribution < -0.4 is 10.6 Å². The topological polar surface area (TPSA) is 54.0 Å². The van der Waals surface area contributed by atoms with Crippen molar-refractivity contribution in [3.05, 3.63) is 23.4 Å². The molecule has 1 aromatic heterocycles. The molecule has 0 aromatic carbocycles.